The predicted molar refractivity (Wildman–Crippen MR) is 86.4 cm³/mol. The summed E-state index contributed by atoms with van der Waals surface area (Å²) in [6.45, 7) is 11.1. The van der Waals surface area contributed by atoms with Gasteiger partial charge in [-0.15, -0.1) is 0 Å². The third kappa shape index (κ3) is 5.00. The number of nitrogens with one attached hydrogen (secondary N) is 1. The second kappa shape index (κ2) is 8.15. The number of benzene rings is 1. The highest BCUT2D eigenvalue weighted by Gasteiger charge is 2.11. The van der Waals surface area contributed by atoms with E-state index in [1.54, 1.807) is 0 Å². The number of aryl methyl sites for hydroxylation is 3. The predicted octanol–water partition coefficient (Wildman–Crippen LogP) is 1.44. The molecular formula is C17H26N2O3. The number of ether oxygens (including phenoxy) is 2. The molecule has 5 nitrogen and oxygen atoms in total. The first kappa shape index (κ1) is 16.8. The Morgan fingerprint density at radius 2 is 1.86 bits per heavy atom. The number of nitrogens with zero attached hydrogens (tertiary/aromatic N) is 1. The van der Waals surface area contributed by atoms with Crippen LogP contribution in [0.5, 0.6) is 5.75 Å². The van der Waals surface area contributed by atoms with Gasteiger partial charge in [-0.25, -0.2) is 0 Å². The summed E-state index contributed by atoms with van der Waals surface area (Å²) in [5, 5.41) is 2.90. The van der Waals surface area contributed by atoms with Crippen LogP contribution in [0.25, 0.3) is 0 Å². The average molecular weight is 306 g/mol. The van der Waals surface area contributed by atoms with Crippen molar-refractivity contribution in [1.82, 2.24) is 10.2 Å². The molecule has 1 amide bonds. The molecule has 1 saturated heterocycles. The molecule has 0 aromatic heterocycles. The zero-order valence-electron chi connectivity index (χ0n) is 13.8. The van der Waals surface area contributed by atoms with Crippen LogP contribution in [-0.2, 0) is 9.53 Å². The maximum Gasteiger partial charge on any atom is 0.257 e. The molecule has 122 valence electrons. The quantitative estimate of drug-likeness (QED) is 0.864. The van der Waals surface area contributed by atoms with E-state index in [9.17, 15) is 4.79 Å². The molecule has 1 aliphatic heterocycles. The Kier molecular flexibility index (Phi) is 6.21. The number of carbonyl (C=O) groups excluding carboxylic acids is 1. The van der Waals surface area contributed by atoms with E-state index in [2.05, 4.69) is 23.2 Å². The highest BCUT2D eigenvalue weighted by Crippen LogP contribution is 2.22. The van der Waals surface area contributed by atoms with E-state index in [4.69, 9.17) is 9.47 Å². The average Bonchev–Trinajstić information content (AvgIpc) is 2.50. The molecule has 1 fully saturated rings. The van der Waals surface area contributed by atoms with E-state index < -0.39 is 0 Å². The minimum atomic E-state index is -0.0779. The number of hydrogen-bond donors (Lipinski definition) is 1. The van der Waals surface area contributed by atoms with Gasteiger partial charge in [0.15, 0.2) is 6.61 Å². The van der Waals surface area contributed by atoms with Crippen molar-refractivity contribution in [3.8, 4) is 5.75 Å². The first-order valence-corrected chi connectivity index (χ1v) is 7.83. The molecule has 0 unspecified atom stereocenters. The fourth-order valence-electron chi connectivity index (χ4n) is 2.46. The van der Waals surface area contributed by atoms with E-state index in [0.29, 0.717) is 6.54 Å². The van der Waals surface area contributed by atoms with Crippen LogP contribution in [0.4, 0.5) is 0 Å². The van der Waals surface area contributed by atoms with Crippen molar-refractivity contribution < 1.29 is 14.3 Å². The third-order valence-electron chi connectivity index (χ3n) is 4.00. The maximum atomic E-state index is 11.8. The summed E-state index contributed by atoms with van der Waals surface area (Å²) >= 11 is 0. The molecule has 0 atom stereocenters. The zero-order valence-corrected chi connectivity index (χ0v) is 13.8. The third-order valence-corrected chi connectivity index (χ3v) is 4.00. The van der Waals surface area contributed by atoms with Crippen LogP contribution in [0.1, 0.15) is 16.7 Å². The van der Waals surface area contributed by atoms with Crippen LogP contribution in [0.2, 0.25) is 0 Å². The molecule has 2 rings (SSSR count). The van der Waals surface area contributed by atoms with Gasteiger partial charge in [0.1, 0.15) is 5.75 Å². The molecular weight excluding hydrogens is 280 g/mol. The minimum Gasteiger partial charge on any atom is -0.483 e. The normalized spacial score (nSPS) is 15.6. The summed E-state index contributed by atoms with van der Waals surface area (Å²) in [4.78, 5) is 14.1. The van der Waals surface area contributed by atoms with Gasteiger partial charge in [-0.3, -0.25) is 9.69 Å². The van der Waals surface area contributed by atoms with Crippen LogP contribution >= 0.6 is 0 Å². The van der Waals surface area contributed by atoms with Crippen molar-refractivity contribution in [2.24, 2.45) is 0 Å². The number of hydrogen-bond acceptors (Lipinski definition) is 4. The van der Waals surface area contributed by atoms with Crippen LogP contribution < -0.4 is 10.1 Å². The van der Waals surface area contributed by atoms with Gasteiger partial charge in [0.05, 0.1) is 13.2 Å². The summed E-state index contributed by atoms with van der Waals surface area (Å²) in [6, 6.07) is 4.08. The molecule has 1 aromatic carbocycles. The van der Waals surface area contributed by atoms with E-state index in [1.165, 1.54) is 11.1 Å². The van der Waals surface area contributed by atoms with E-state index in [0.717, 1.165) is 44.2 Å². The van der Waals surface area contributed by atoms with Gasteiger partial charge >= 0.3 is 0 Å². The van der Waals surface area contributed by atoms with Crippen LogP contribution in [0, 0.1) is 20.8 Å². The van der Waals surface area contributed by atoms with Gasteiger partial charge in [0.2, 0.25) is 0 Å². The molecule has 0 aliphatic carbocycles. The fraction of sp³-hybridized carbons (Fsp3) is 0.588. The van der Waals surface area contributed by atoms with E-state index in [-0.39, 0.29) is 12.5 Å². The molecule has 5 heteroatoms. The van der Waals surface area contributed by atoms with Gasteiger partial charge in [0, 0.05) is 26.2 Å². The molecule has 1 aliphatic rings. The van der Waals surface area contributed by atoms with Crippen LogP contribution in [0.3, 0.4) is 0 Å². The lowest BCUT2D eigenvalue weighted by molar-refractivity contribution is -0.123. The van der Waals surface area contributed by atoms with Gasteiger partial charge in [0.25, 0.3) is 5.91 Å². The first-order chi connectivity index (χ1) is 10.6. The van der Waals surface area contributed by atoms with Crippen molar-refractivity contribution in [3.05, 3.63) is 28.8 Å². The Bertz CT molecular complexity index is 511. The lowest BCUT2D eigenvalue weighted by Gasteiger charge is -2.26. The lowest BCUT2D eigenvalue weighted by Crippen LogP contribution is -2.42. The highest BCUT2D eigenvalue weighted by atomic mass is 16.5. The van der Waals surface area contributed by atoms with E-state index in [1.807, 2.05) is 19.9 Å². The molecule has 1 heterocycles. The summed E-state index contributed by atoms with van der Waals surface area (Å²) in [5.41, 5.74) is 3.47. The summed E-state index contributed by atoms with van der Waals surface area (Å²) in [6.07, 6.45) is 0. The van der Waals surface area contributed by atoms with Gasteiger partial charge in [-0.05, 0) is 43.5 Å². The second-order valence-electron chi connectivity index (χ2n) is 5.79. The van der Waals surface area contributed by atoms with Gasteiger partial charge in [-0.1, -0.05) is 6.07 Å². The van der Waals surface area contributed by atoms with Crippen molar-refractivity contribution in [1.29, 1.82) is 0 Å². The molecule has 0 radical (unpaired) electrons. The maximum absolute atomic E-state index is 11.8. The summed E-state index contributed by atoms with van der Waals surface area (Å²) in [7, 11) is 0. The number of rotatable bonds is 6. The molecule has 1 N–H and O–H groups in total. The second-order valence-corrected chi connectivity index (χ2v) is 5.79. The van der Waals surface area contributed by atoms with Gasteiger partial charge in [-0.2, -0.15) is 0 Å². The molecule has 0 spiro atoms. The Morgan fingerprint density at radius 1 is 1.18 bits per heavy atom. The Labute approximate surface area is 132 Å². The first-order valence-electron chi connectivity index (χ1n) is 7.83. The smallest absolute Gasteiger partial charge is 0.257 e. The Morgan fingerprint density at radius 3 is 2.59 bits per heavy atom. The Balaban J connectivity index is 1.70. The molecule has 0 bridgehead atoms. The summed E-state index contributed by atoms with van der Waals surface area (Å²) < 4.78 is 10.9. The van der Waals surface area contributed by atoms with E-state index >= 15 is 0 Å². The largest absolute Gasteiger partial charge is 0.483 e. The lowest BCUT2D eigenvalue weighted by atomic mass is 10.1. The number of morpholine rings is 1. The van der Waals surface area contributed by atoms with Crippen molar-refractivity contribution in [2.45, 2.75) is 20.8 Å². The van der Waals surface area contributed by atoms with Crippen LogP contribution in [0.15, 0.2) is 12.1 Å². The highest BCUT2D eigenvalue weighted by molar-refractivity contribution is 5.77. The fourth-order valence-corrected chi connectivity index (χ4v) is 2.46. The SMILES string of the molecule is Cc1cc(C)c(OCC(=O)NCCN2CCOCC2)cc1C. The number of amides is 1. The minimum absolute atomic E-state index is 0.0620. The van der Waals surface area contributed by atoms with Crippen molar-refractivity contribution >= 4 is 5.91 Å². The summed E-state index contributed by atoms with van der Waals surface area (Å²) in [5.74, 6) is 0.706. The number of carbonyl (C=O) groups is 1. The standard InChI is InChI=1S/C17H26N2O3/c1-13-10-15(3)16(11-14(13)2)22-12-17(20)18-4-5-19-6-8-21-9-7-19/h10-11H,4-9,12H2,1-3H3,(H,18,20). The molecule has 1 aromatic rings. The van der Waals surface area contributed by atoms with Crippen molar-refractivity contribution in [3.63, 3.8) is 0 Å². The molecule has 0 saturated carbocycles. The molecule has 22 heavy (non-hydrogen) atoms. The van der Waals surface area contributed by atoms with Gasteiger partial charge < -0.3 is 14.8 Å². The monoisotopic (exact) mass is 306 g/mol. The zero-order chi connectivity index (χ0) is 15.9. The Hall–Kier alpha value is -1.59. The van der Waals surface area contributed by atoms with Crippen molar-refractivity contribution in [2.75, 3.05) is 46.0 Å². The topological polar surface area (TPSA) is 50.8 Å². The van der Waals surface area contributed by atoms with Crippen LogP contribution in [-0.4, -0.2) is 56.8 Å².